The van der Waals surface area contributed by atoms with Gasteiger partial charge in [-0.25, -0.2) is 0 Å². The Kier molecular flexibility index (Phi) is 2.39. The number of fused-ring (bicyclic) bond motifs is 2. The number of carbonyl (C=O) groups excluding carboxylic acids is 1. The van der Waals surface area contributed by atoms with E-state index in [0.29, 0.717) is 12.2 Å². The molecule has 0 aromatic heterocycles. The van der Waals surface area contributed by atoms with Crippen molar-refractivity contribution in [1.82, 2.24) is 0 Å². The van der Waals surface area contributed by atoms with Gasteiger partial charge in [-0.15, -0.1) is 0 Å². The van der Waals surface area contributed by atoms with Crippen LogP contribution in [0, 0.1) is 5.92 Å². The minimum absolute atomic E-state index is 0.00750. The molecular formula is C15H22O4. The zero-order valence-corrected chi connectivity index (χ0v) is 11.7. The number of esters is 1. The van der Waals surface area contributed by atoms with Crippen molar-refractivity contribution in [2.75, 3.05) is 0 Å². The second-order valence-corrected chi connectivity index (χ2v) is 7.16. The van der Waals surface area contributed by atoms with Gasteiger partial charge in [0.1, 0.15) is 6.10 Å². The fraction of sp³-hybridized carbons (Fsp3) is 0.933. The van der Waals surface area contributed by atoms with Crippen LogP contribution in [-0.2, 0) is 19.0 Å². The summed E-state index contributed by atoms with van der Waals surface area (Å²) in [5.41, 5.74) is -0.0440. The van der Waals surface area contributed by atoms with E-state index in [9.17, 15) is 4.79 Å². The van der Waals surface area contributed by atoms with Gasteiger partial charge in [0, 0.05) is 6.42 Å². The van der Waals surface area contributed by atoms with E-state index in [-0.39, 0.29) is 29.2 Å². The van der Waals surface area contributed by atoms with E-state index in [2.05, 4.69) is 13.8 Å². The van der Waals surface area contributed by atoms with E-state index < -0.39 is 0 Å². The van der Waals surface area contributed by atoms with Crippen LogP contribution in [0.5, 0.6) is 0 Å². The Bertz CT molecular complexity index is 422. The largest absolute Gasteiger partial charge is 0.462 e. The number of carbonyl (C=O) groups is 1. The zero-order chi connectivity index (χ0) is 13.3. The molecule has 4 nitrogen and oxygen atoms in total. The van der Waals surface area contributed by atoms with Crippen LogP contribution in [0.25, 0.3) is 0 Å². The average molecular weight is 266 g/mol. The first kappa shape index (κ1) is 12.2. The fourth-order valence-corrected chi connectivity index (χ4v) is 4.07. The molecule has 0 N–H and O–H groups in total. The quantitative estimate of drug-likeness (QED) is 0.568. The van der Waals surface area contributed by atoms with Crippen molar-refractivity contribution in [1.29, 1.82) is 0 Å². The van der Waals surface area contributed by atoms with E-state index in [1.165, 1.54) is 0 Å². The Morgan fingerprint density at radius 2 is 1.63 bits per heavy atom. The maximum atomic E-state index is 12.3. The van der Waals surface area contributed by atoms with Crippen LogP contribution in [0.4, 0.5) is 0 Å². The lowest BCUT2D eigenvalue weighted by Gasteiger charge is -2.27. The first-order chi connectivity index (χ1) is 8.98. The highest BCUT2D eigenvalue weighted by atomic mass is 16.6. The van der Waals surface area contributed by atoms with Gasteiger partial charge in [0.2, 0.25) is 0 Å². The summed E-state index contributed by atoms with van der Waals surface area (Å²) in [6.07, 6.45) is 6.47. The molecule has 6 unspecified atom stereocenters. The summed E-state index contributed by atoms with van der Waals surface area (Å²) < 4.78 is 17.0. The van der Waals surface area contributed by atoms with Crippen molar-refractivity contribution in [3.63, 3.8) is 0 Å². The van der Waals surface area contributed by atoms with Crippen molar-refractivity contribution < 1.29 is 19.0 Å². The first-order valence-electron chi connectivity index (χ1n) is 7.55. The minimum Gasteiger partial charge on any atom is -0.462 e. The number of hydrogen-bond acceptors (Lipinski definition) is 4. The summed E-state index contributed by atoms with van der Waals surface area (Å²) in [4.78, 5) is 12.3. The third kappa shape index (κ3) is 2.00. The lowest BCUT2D eigenvalue weighted by molar-refractivity contribution is -0.157. The highest BCUT2D eigenvalue weighted by molar-refractivity contribution is 5.73. The molecule has 4 heteroatoms. The molecule has 2 aliphatic carbocycles. The molecule has 0 radical (unpaired) electrons. The number of rotatable bonds is 2. The summed E-state index contributed by atoms with van der Waals surface area (Å²) >= 11 is 0. The van der Waals surface area contributed by atoms with Gasteiger partial charge in [0.25, 0.3) is 0 Å². The fourth-order valence-electron chi connectivity index (χ4n) is 4.07. The van der Waals surface area contributed by atoms with Crippen LogP contribution in [0.2, 0.25) is 0 Å². The molecule has 6 atom stereocenters. The highest BCUT2D eigenvalue weighted by Crippen LogP contribution is 2.51. The van der Waals surface area contributed by atoms with Gasteiger partial charge in [0.05, 0.1) is 29.3 Å². The number of ether oxygens (including phenoxy) is 3. The van der Waals surface area contributed by atoms with Crippen LogP contribution in [0.15, 0.2) is 0 Å². The Hall–Kier alpha value is -0.610. The average Bonchev–Trinajstić information content (AvgIpc) is 3.20. The molecule has 19 heavy (non-hydrogen) atoms. The molecule has 2 saturated carbocycles. The Morgan fingerprint density at radius 3 is 2.26 bits per heavy atom. The predicted molar refractivity (Wildman–Crippen MR) is 67.6 cm³/mol. The first-order valence-corrected chi connectivity index (χ1v) is 7.55. The third-order valence-electron chi connectivity index (χ3n) is 5.50. The third-order valence-corrected chi connectivity index (χ3v) is 5.50. The van der Waals surface area contributed by atoms with Crippen molar-refractivity contribution in [3.05, 3.63) is 0 Å². The Labute approximate surface area is 113 Å². The highest BCUT2D eigenvalue weighted by Gasteiger charge is 2.58. The summed E-state index contributed by atoms with van der Waals surface area (Å²) in [5.74, 6) is 0.0253. The van der Waals surface area contributed by atoms with E-state index in [0.717, 1.165) is 38.5 Å². The van der Waals surface area contributed by atoms with Crippen LogP contribution in [0.1, 0.15) is 52.4 Å². The summed E-state index contributed by atoms with van der Waals surface area (Å²) in [6.45, 7) is 4.24. The molecule has 4 rings (SSSR count). The van der Waals surface area contributed by atoms with E-state index in [1.807, 2.05) is 0 Å². The molecule has 0 spiro atoms. The second kappa shape index (κ2) is 3.73. The maximum absolute atomic E-state index is 12.3. The molecule has 4 fully saturated rings. The van der Waals surface area contributed by atoms with Crippen LogP contribution in [-0.4, -0.2) is 35.5 Å². The van der Waals surface area contributed by atoms with Crippen molar-refractivity contribution >= 4 is 5.97 Å². The molecule has 0 aromatic carbocycles. The molecular weight excluding hydrogens is 244 g/mol. The second-order valence-electron chi connectivity index (χ2n) is 7.16. The van der Waals surface area contributed by atoms with Gasteiger partial charge in [-0.2, -0.15) is 0 Å². The van der Waals surface area contributed by atoms with Gasteiger partial charge in [0.15, 0.2) is 0 Å². The van der Waals surface area contributed by atoms with Crippen molar-refractivity contribution in [2.24, 2.45) is 5.92 Å². The summed E-state index contributed by atoms with van der Waals surface area (Å²) in [5, 5.41) is 0. The normalized spacial score (nSPS) is 54.8. The summed E-state index contributed by atoms with van der Waals surface area (Å²) in [6, 6.07) is 0. The molecule has 0 bridgehead atoms. The molecule has 0 amide bonds. The van der Waals surface area contributed by atoms with E-state index >= 15 is 0 Å². The standard InChI is InChI=1S/C15H22O4/c1-14-7-9(3-5-11(14)18-14)13(16)17-10-4-6-12-15(2,8-10)19-12/h9-12H,3-8H2,1-2H3. The monoisotopic (exact) mass is 266 g/mol. The lowest BCUT2D eigenvalue weighted by atomic mass is 9.82. The lowest BCUT2D eigenvalue weighted by Crippen LogP contribution is -2.35. The smallest absolute Gasteiger partial charge is 0.309 e. The molecule has 4 aliphatic rings. The maximum Gasteiger partial charge on any atom is 0.309 e. The number of hydrogen-bond donors (Lipinski definition) is 0. The number of epoxide rings is 2. The van der Waals surface area contributed by atoms with Gasteiger partial charge in [-0.3, -0.25) is 4.79 Å². The zero-order valence-electron chi connectivity index (χ0n) is 11.7. The van der Waals surface area contributed by atoms with Crippen molar-refractivity contribution in [3.8, 4) is 0 Å². The van der Waals surface area contributed by atoms with E-state index in [4.69, 9.17) is 14.2 Å². The predicted octanol–water partition coefficient (Wildman–Crippen LogP) is 2.20. The topological polar surface area (TPSA) is 51.4 Å². The Morgan fingerprint density at radius 1 is 1.00 bits per heavy atom. The van der Waals surface area contributed by atoms with E-state index in [1.54, 1.807) is 0 Å². The van der Waals surface area contributed by atoms with Crippen LogP contribution in [0.3, 0.4) is 0 Å². The molecule has 2 heterocycles. The molecule has 2 aliphatic heterocycles. The van der Waals surface area contributed by atoms with Gasteiger partial charge in [-0.05, 0) is 46.0 Å². The van der Waals surface area contributed by atoms with Gasteiger partial charge >= 0.3 is 5.97 Å². The molecule has 106 valence electrons. The van der Waals surface area contributed by atoms with Crippen molar-refractivity contribution in [2.45, 2.75) is 81.9 Å². The van der Waals surface area contributed by atoms with Crippen LogP contribution < -0.4 is 0 Å². The summed E-state index contributed by atoms with van der Waals surface area (Å²) in [7, 11) is 0. The van der Waals surface area contributed by atoms with Gasteiger partial charge < -0.3 is 14.2 Å². The molecule has 0 aromatic rings. The minimum atomic E-state index is -0.0365. The molecule has 2 saturated heterocycles. The van der Waals surface area contributed by atoms with Crippen LogP contribution >= 0.6 is 0 Å². The SMILES string of the molecule is CC12CC(OC(=O)C3CCC4OC4(C)C3)CCC1O2. The Balaban J connectivity index is 1.34. The van der Waals surface area contributed by atoms with Gasteiger partial charge in [-0.1, -0.05) is 0 Å².